The predicted octanol–water partition coefficient (Wildman–Crippen LogP) is 1.80. The number of ether oxygens (including phenoxy) is 1. The third kappa shape index (κ3) is 3.61. The zero-order valence-corrected chi connectivity index (χ0v) is 15.1. The molecule has 2 aromatic heterocycles. The van der Waals surface area contributed by atoms with Gasteiger partial charge in [-0.25, -0.2) is 9.97 Å². The minimum Gasteiger partial charge on any atom is -0.373 e. The van der Waals surface area contributed by atoms with Crippen LogP contribution in [0.3, 0.4) is 0 Å². The zero-order valence-electron chi connectivity index (χ0n) is 15.1. The van der Waals surface area contributed by atoms with Gasteiger partial charge in [-0.3, -0.25) is 4.68 Å². The highest BCUT2D eigenvalue weighted by molar-refractivity contribution is 5.50. The van der Waals surface area contributed by atoms with Crippen molar-refractivity contribution in [1.82, 2.24) is 19.7 Å². The smallest absolute Gasteiger partial charge is 0.134 e. The first-order valence-electron chi connectivity index (χ1n) is 9.13. The second kappa shape index (κ2) is 7.00. The average molecular weight is 342 g/mol. The van der Waals surface area contributed by atoms with Crippen molar-refractivity contribution in [3.8, 4) is 0 Å². The summed E-state index contributed by atoms with van der Waals surface area (Å²) in [4.78, 5) is 13.6. The standard InChI is InChI=1S/C18H26N6O/c1-14-9-15(2)24(21-14)12-16-11-23(7-8-25-16)18-10-17(19-13-20-18)22-5-3-4-6-22/h9-10,13,16H,3-8,11-12H2,1-2H3. The number of morpholine rings is 1. The molecule has 0 saturated carbocycles. The van der Waals surface area contributed by atoms with Gasteiger partial charge in [-0.2, -0.15) is 5.10 Å². The van der Waals surface area contributed by atoms with Crippen LogP contribution in [-0.4, -0.2) is 58.6 Å². The number of rotatable bonds is 4. The van der Waals surface area contributed by atoms with E-state index >= 15 is 0 Å². The van der Waals surface area contributed by atoms with Gasteiger partial charge in [0, 0.05) is 37.9 Å². The van der Waals surface area contributed by atoms with Crippen LogP contribution < -0.4 is 9.80 Å². The van der Waals surface area contributed by atoms with Crippen LogP contribution in [0.4, 0.5) is 11.6 Å². The normalized spacial score (nSPS) is 21.1. The van der Waals surface area contributed by atoms with Gasteiger partial charge in [0.05, 0.1) is 24.9 Å². The maximum absolute atomic E-state index is 5.97. The molecule has 2 aliphatic heterocycles. The Labute approximate surface area is 148 Å². The maximum Gasteiger partial charge on any atom is 0.134 e. The molecule has 0 amide bonds. The van der Waals surface area contributed by atoms with Crippen LogP contribution >= 0.6 is 0 Å². The Morgan fingerprint density at radius 2 is 1.80 bits per heavy atom. The molecule has 0 aliphatic carbocycles. The van der Waals surface area contributed by atoms with Crippen LogP contribution in [-0.2, 0) is 11.3 Å². The Kier molecular flexibility index (Phi) is 4.57. The van der Waals surface area contributed by atoms with E-state index in [0.717, 1.165) is 50.1 Å². The molecule has 0 spiro atoms. The first-order chi connectivity index (χ1) is 12.2. The lowest BCUT2D eigenvalue weighted by Gasteiger charge is -2.34. The van der Waals surface area contributed by atoms with Gasteiger partial charge < -0.3 is 14.5 Å². The highest BCUT2D eigenvalue weighted by Gasteiger charge is 2.24. The molecular formula is C18H26N6O. The highest BCUT2D eigenvalue weighted by atomic mass is 16.5. The Morgan fingerprint density at radius 1 is 1.04 bits per heavy atom. The number of anilines is 2. The van der Waals surface area contributed by atoms with Crippen molar-refractivity contribution in [3.05, 3.63) is 29.8 Å². The van der Waals surface area contributed by atoms with E-state index in [-0.39, 0.29) is 6.10 Å². The molecule has 4 heterocycles. The fourth-order valence-corrected chi connectivity index (χ4v) is 3.72. The van der Waals surface area contributed by atoms with Gasteiger partial charge in [0.2, 0.25) is 0 Å². The monoisotopic (exact) mass is 342 g/mol. The van der Waals surface area contributed by atoms with Crippen molar-refractivity contribution in [3.63, 3.8) is 0 Å². The van der Waals surface area contributed by atoms with E-state index in [4.69, 9.17) is 4.74 Å². The van der Waals surface area contributed by atoms with Gasteiger partial charge in [-0.15, -0.1) is 0 Å². The van der Waals surface area contributed by atoms with E-state index < -0.39 is 0 Å². The molecule has 7 nitrogen and oxygen atoms in total. The number of aryl methyl sites for hydroxylation is 2. The summed E-state index contributed by atoms with van der Waals surface area (Å²) in [6.45, 7) is 9.50. The molecule has 2 aromatic rings. The van der Waals surface area contributed by atoms with Gasteiger partial charge in [0.1, 0.15) is 18.0 Å². The molecule has 0 radical (unpaired) electrons. The summed E-state index contributed by atoms with van der Waals surface area (Å²) in [6.07, 6.45) is 4.31. The van der Waals surface area contributed by atoms with E-state index in [1.54, 1.807) is 6.33 Å². The van der Waals surface area contributed by atoms with E-state index in [0.29, 0.717) is 6.61 Å². The van der Waals surface area contributed by atoms with Crippen molar-refractivity contribution in [1.29, 1.82) is 0 Å². The number of hydrogen-bond donors (Lipinski definition) is 0. The molecule has 7 heteroatoms. The lowest BCUT2D eigenvalue weighted by molar-refractivity contribution is 0.0267. The summed E-state index contributed by atoms with van der Waals surface area (Å²) in [5.41, 5.74) is 2.23. The molecular weight excluding hydrogens is 316 g/mol. The van der Waals surface area contributed by atoms with Crippen molar-refractivity contribution in [2.24, 2.45) is 0 Å². The van der Waals surface area contributed by atoms with Crippen molar-refractivity contribution >= 4 is 11.6 Å². The van der Waals surface area contributed by atoms with Gasteiger partial charge >= 0.3 is 0 Å². The molecule has 2 saturated heterocycles. The molecule has 2 fully saturated rings. The third-order valence-corrected chi connectivity index (χ3v) is 5.01. The van der Waals surface area contributed by atoms with Crippen LogP contribution in [0, 0.1) is 13.8 Å². The van der Waals surface area contributed by atoms with Gasteiger partial charge in [0.15, 0.2) is 0 Å². The van der Waals surface area contributed by atoms with Gasteiger partial charge in [-0.05, 0) is 32.8 Å². The second-order valence-electron chi connectivity index (χ2n) is 6.98. The average Bonchev–Trinajstić information content (AvgIpc) is 3.26. The Hall–Kier alpha value is -2.15. The quantitative estimate of drug-likeness (QED) is 0.844. The number of hydrogen-bond acceptors (Lipinski definition) is 6. The van der Waals surface area contributed by atoms with E-state index in [1.165, 1.54) is 18.5 Å². The molecule has 134 valence electrons. The van der Waals surface area contributed by atoms with Crippen molar-refractivity contribution in [2.75, 3.05) is 42.6 Å². The van der Waals surface area contributed by atoms with Crippen LogP contribution in [0.25, 0.3) is 0 Å². The van der Waals surface area contributed by atoms with Gasteiger partial charge in [-0.1, -0.05) is 0 Å². The largest absolute Gasteiger partial charge is 0.373 e. The molecule has 4 rings (SSSR count). The molecule has 25 heavy (non-hydrogen) atoms. The minimum atomic E-state index is 0.122. The van der Waals surface area contributed by atoms with Gasteiger partial charge in [0.25, 0.3) is 0 Å². The van der Waals surface area contributed by atoms with E-state index in [9.17, 15) is 0 Å². The van der Waals surface area contributed by atoms with Crippen LogP contribution in [0.15, 0.2) is 18.5 Å². The third-order valence-electron chi connectivity index (χ3n) is 5.01. The molecule has 0 N–H and O–H groups in total. The van der Waals surface area contributed by atoms with Crippen molar-refractivity contribution < 1.29 is 4.74 Å². The summed E-state index contributed by atoms with van der Waals surface area (Å²) in [5, 5.41) is 4.55. The second-order valence-corrected chi connectivity index (χ2v) is 6.98. The SMILES string of the molecule is Cc1cc(C)n(CC2CN(c3cc(N4CCCC4)ncn3)CCO2)n1. The Morgan fingerprint density at radius 3 is 2.52 bits per heavy atom. The predicted molar refractivity (Wildman–Crippen MR) is 97.1 cm³/mol. The zero-order chi connectivity index (χ0) is 17.2. The summed E-state index contributed by atoms with van der Waals surface area (Å²) in [7, 11) is 0. The highest BCUT2D eigenvalue weighted by Crippen LogP contribution is 2.23. The first-order valence-corrected chi connectivity index (χ1v) is 9.13. The number of nitrogens with zero attached hydrogens (tertiary/aromatic N) is 6. The topological polar surface area (TPSA) is 59.3 Å². The summed E-state index contributed by atoms with van der Waals surface area (Å²) in [5.74, 6) is 2.04. The first kappa shape index (κ1) is 16.3. The summed E-state index contributed by atoms with van der Waals surface area (Å²) >= 11 is 0. The number of aromatic nitrogens is 4. The Bertz CT molecular complexity index is 724. The van der Waals surface area contributed by atoms with Crippen molar-refractivity contribution in [2.45, 2.75) is 39.3 Å². The van der Waals surface area contributed by atoms with Crippen LogP contribution in [0.5, 0.6) is 0 Å². The maximum atomic E-state index is 5.97. The lowest BCUT2D eigenvalue weighted by Crippen LogP contribution is -2.45. The Balaban J connectivity index is 1.45. The molecule has 1 unspecified atom stereocenters. The fraction of sp³-hybridized carbons (Fsp3) is 0.611. The summed E-state index contributed by atoms with van der Waals surface area (Å²) < 4.78 is 8.01. The van der Waals surface area contributed by atoms with E-state index in [1.807, 2.05) is 11.6 Å². The lowest BCUT2D eigenvalue weighted by atomic mass is 10.2. The minimum absolute atomic E-state index is 0.122. The molecule has 1 atom stereocenters. The molecule has 0 aromatic carbocycles. The van der Waals surface area contributed by atoms with E-state index in [2.05, 4.69) is 43.9 Å². The summed E-state index contributed by atoms with van der Waals surface area (Å²) in [6, 6.07) is 4.23. The fourth-order valence-electron chi connectivity index (χ4n) is 3.72. The molecule has 2 aliphatic rings. The van der Waals surface area contributed by atoms with Crippen LogP contribution in [0.1, 0.15) is 24.2 Å². The molecule has 0 bridgehead atoms. The van der Waals surface area contributed by atoms with Crippen LogP contribution in [0.2, 0.25) is 0 Å².